The number of pyridine rings is 1. The lowest BCUT2D eigenvalue weighted by molar-refractivity contribution is -0.138. The molecule has 0 N–H and O–H groups in total. The molecule has 0 bridgehead atoms. The van der Waals surface area contributed by atoms with Crippen LogP contribution in [-0.4, -0.2) is 78.2 Å². The summed E-state index contributed by atoms with van der Waals surface area (Å²) in [6, 6.07) is 8.31. The molecule has 4 aliphatic rings. The first kappa shape index (κ1) is 29.0. The van der Waals surface area contributed by atoms with Crippen LogP contribution in [-0.2, 0) is 15.7 Å². The molecule has 0 radical (unpaired) electrons. The van der Waals surface area contributed by atoms with Gasteiger partial charge in [-0.2, -0.15) is 13.2 Å². The van der Waals surface area contributed by atoms with Gasteiger partial charge < -0.3 is 14.4 Å². The first-order valence-electron chi connectivity index (χ1n) is 14.4. The van der Waals surface area contributed by atoms with E-state index in [0.29, 0.717) is 30.9 Å². The normalized spacial score (nSPS) is 22.1. The summed E-state index contributed by atoms with van der Waals surface area (Å²) < 4.78 is 53.5. The Balaban J connectivity index is 1.15. The molecule has 2 aromatic rings. The van der Waals surface area contributed by atoms with Gasteiger partial charge in [-0.25, -0.2) is 0 Å². The third-order valence-corrected chi connectivity index (χ3v) is 9.40. The van der Waals surface area contributed by atoms with Gasteiger partial charge in [0, 0.05) is 45.2 Å². The van der Waals surface area contributed by atoms with Gasteiger partial charge in [0.05, 0.1) is 28.7 Å². The van der Waals surface area contributed by atoms with Crippen molar-refractivity contribution < 1.29 is 27.4 Å². The number of nitrogens with zero attached hydrogens (tertiary/aromatic N) is 5. The third-order valence-electron chi connectivity index (χ3n) is 9.04. The maximum absolute atomic E-state index is 13.8. The molecule has 2 spiro atoms. The van der Waals surface area contributed by atoms with Crippen LogP contribution in [0.5, 0.6) is 5.75 Å². The van der Waals surface area contributed by atoms with Gasteiger partial charge in [-0.15, -0.1) is 0 Å². The maximum Gasteiger partial charge on any atom is 0.418 e. The SMILES string of the molecule is CN=Cc1ncc(N2C(=O)C3(CCC3)N(c3ccc(OCCN4CCC5(CCCO5)CC4)cc3)C2=S)cc1C(F)(F)F. The largest absolute Gasteiger partial charge is 0.492 e. The minimum Gasteiger partial charge on any atom is -0.492 e. The fourth-order valence-corrected chi connectivity index (χ4v) is 7.03. The Bertz CT molecular complexity index is 1360. The zero-order valence-corrected chi connectivity index (χ0v) is 24.3. The van der Waals surface area contributed by atoms with Crippen LogP contribution < -0.4 is 14.5 Å². The number of hydrogen-bond donors (Lipinski definition) is 0. The number of carbonyl (C=O) groups is 1. The predicted molar refractivity (Wildman–Crippen MR) is 157 cm³/mol. The number of likely N-dealkylation sites (tertiary alicyclic amines) is 1. The smallest absolute Gasteiger partial charge is 0.418 e. The van der Waals surface area contributed by atoms with Crippen molar-refractivity contribution >= 4 is 40.8 Å². The van der Waals surface area contributed by atoms with Crippen LogP contribution in [0.15, 0.2) is 41.5 Å². The Morgan fingerprint density at radius 2 is 1.83 bits per heavy atom. The molecule has 1 aromatic heterocycles. The molecule has 0 atom stereocenters. The number of thiocarbonyl (C=S) groups is 1. The number of carbonyl (C=O) groups excluding carboxylic acids is 1. The number of rotatable bonds is 7. The number of aliphatic imine (C=N–C) groups is 1. The van der Waals surface area contributed by atoms with Gasteiger partial charge in [-0.3, -0.25) is 24.6 Å². The summed E-state index contributed by atoms with van der Waals surface area (Å²) >= 11 is 5.74. The Hall–Kier alpha value is -3.09. The molecule has 6 rings (SSSR count). The van der Waals surface area contributed by atoms with Crippen molar-refractivity contribution in [1.29, 1.82) is 0 Å². The summed E-state index contributed by atoms with van der Waals surface area (Å²) in [4.78, 5) is 26.8. The van der Waals surface area contributed by atoms with Gasteiger partial charge in [0.1, 0.15) is 17.9 Å². The van der Waals surface area contributed by atoms with Crippen LogP contribution in [0.3, 0.4) is 0 Å². The summed E-state index contributed by atoms with van der Waals surface area (Å²) in [5.74, 6) is 0.367. The molecule has 1 saturated carbocycles. The Morgan fingerprint density at radius 1 is 1.10 bits per heavy atom. The van der Waals surface area contributed by atoms with E-state index >= 15 is 0 Å². The second-order valence-corrected chi connectivity index (χ2v) is 11.8. The highest BCUT2D eigenvalue weighted by atomic mass is 32.1. The van der Waals surface area contributed by atoms with E-state index in [-0.39, 0.29) is 28.0 Å². The number of halogens is 3. The lowest BCUT2D eigenvalue weighted by Crippen LogP contribution is -2.55. The predicted octanol–water partition coefficient (Wildman–Crippen LogP) is 5.23. The van der Waals surface area contributed by atoms with Crippen LogP contribution in [0.2, 0.25) is 0 Å². The van der Waals surface area contributed by atoms with E-state index in [9.17, 15) is 18.0 Å². The van der Waals surface area contributed by atoms with Crippen molar-refractivity contribution in [3.63, 3.8) is 0 Å². The number of alkyl halides is 3. The van der Waals surface area contributed by atoms with Gasteiger partial charge in [0.25, 0.3) is 5.91 Å². The molecule has 42 heavy (non-hydrogen) atoms. The topological polar surface area (TPSA) is 70.5 Å². The van der Waals surface area contributed by atoms with E-state index in [1.54, 1.807) is 4.90 Å². The molecule has 8 nitrogen and oxygen atoms in total. The Morgan fingerprint density at radius 3 is 2.43 bits per heavy atom. The summed E-state index contributed by atoms with van der Waals surface area (Å²) in [5, 5.41) is 0.134. The summed E-state index contributed by atoms with van der Waals surface area (Å²) in [7, 11) is 1.37. The fraction of sp³-hybridized carbons (Fsp3) is 0.533. The molecular formula is C30H34F3N5O3S. The molecule has 1 aliphatic carbocycles. The van der Waals surface area contributed by atoms with Crippen LogP contribution in [0, 0.1) is 0 Å². The average Bonchev–Trinajstić information content (AvgIpc) is 3.49. The molecule has 224 valence electrons. The van der Waals surface area contributed by atoms with Gasteiger partial charge in [0.2, 0.25) is 0 Å². The van der Waals surface area contributed by atoms with Crippen molar-refractivity contribution in [2.45, 2.75) is 62.3 Å². The number of aromatic nitrogens is 1. The highest BCUT2D eigenvalue weighted by molar-refractivity contribution is 7.81. The lowest BCUT2D eigenvalue weighted by Gasteiger charge is -2.43. The van der Waals surface area contributed by atoms with Gasteiger partial charge in [-0.1, -0.05) is 0 Å². The molecule has 1 aromatic carbocycles. The zero-order valence-electron chi connectivity index (χ0n) is 23.5. The van der Waals surface area contributed by atoms with Gasteiger partial charge >= 0.3 is 6.18 Å². The van der Waals surface area contributed by atoms with Crippen molar-refractivity contribution in [3.05, 3.63) is 47.8 Å². The highest BCUT2D eigenvalue weighted by Gasteiger charge is 2.59. The van der Waals surface area contributed by atoms with E-state index < -0.39 is 17.3 Å². The third kappa shape index (κ3) is 5.17. The molecule has 3 saturated heterocycles. The number of piperidine rings is 1. The van der Waals surface area contributed by atoms with Crippen molar-refractivity contribution in [1.82, 2.24) is 9.88 Å². The molecule has 4 fully saturated rings. The maximum atomic E-state index is 13.8. The van der Waals surface area contributed by atoms with Crippen LogP contribution >= 0.6 is 12.2 Å². The van der Waals surface area contributed by atoms with Crippen molar-refractivity contribution in [2.75, 3.05) is 49.7 Å². The van der Waals surface area contributed by atoms with E-state index in [1.807, 2.05) is 24.3 Å². The minimum absolute atomic E-state index is 0.0116. The lowest BCUT2D eigenvalue weighted by atomic mass is 9.75. The van der Waals surface area contributed by atoms with E-state index in [0.717, 1.165) is 64.2 Å². The van der Waals surface area contributed by atoms with E-state index in [2.05, 4.69) is 14.9 Å². The van der Waals surface area contributed by atoms with Gasteiger partial charge in [-0.05, 0) is 87.5 Å². The molecule has 1 amide bonds. The Kier molecular flexibility index (Phi) is 7.73. The van der Waals surface area contributed by atoms with Crippen LogP contribution in [0.25, 0.3) is 0 Å². The first-order chi connectivity index (χ1) is 20.2. The second kappa shape index (κ2) is 11.2. The molecule has 4 heterocycles. The van der Waals surface area contributed by atoms with E-state index in [1.165, 1.54) is 24.6 Å². The molecular weight excluding hydrogens is 567 g/mol. The number of amides is 1. The molecule has 3 aliphatic heterocycles. The summed E-state index contributed by atoms with van der Waals surface area (Å²) in [6.45, 7) is 4.29. The average molecular weight is 602 g/mol. The van der Waals surface area contributed by atoms with Gasteiger partial charge in [0.15, 0.2) is 5.11 Å². The first-order valence-corrected chi connectivity index (χ1v) is 14.8. The summed E-state index contributed by atoms with van der Waals surface area (Å²) in [5.41, 5.74) is -1.43. The molecule has 0 unspecified atom stereocenters. The van der Waals surface area contributed by atoms with E-state index in [4.69, 9.17) is 21.7 Å². The number of anilines is 2. The van der Waals surface area contributed by atoms with Crippen LogP contribution in [0.1, 0.15) is 56.2 Å². The monoisotopic (exact) mass is 601 g/mol. The minimum atomic E-state index is -4.67. The quantitative estimate of drug-likeness (QED) is 0.318. The van der Waals surface area contributed by atoms with Crippen molar-refractivity contribution in [2.24, 2.45) is 4.99 Å². The number of hydrogen-bond acceptors (Lipinski definition) is 7. The standard InChI is InChI=1S/C30H34F3N5O3S/c1-34-20-25-24(30(31,32)33)18-22(19-35-25)37-26(39)29(9-2-10-29)38(27(37)42)21-4-6-23(7-5-21)40-17-15-36-13-11-28(12-14-36)8-3-16-41-28/h4-7,18-20H,2-3,8-17H2,1H3. The molecule has 12 heteroatoms. The number of ether oxygens (including phenoxy) is 2. The zero-order chi connectivity index (χ0) is 29.5. The fourth-order valence-electron chi connectivity index (χ4n) is 6.56. The van der Waals surface area contributed by atoms with Crippen LogP contribution in [0.4, 0.5) is 24.5 Å². The summed E-state index contributed by atoms with van der Waals surface area (Å²) in [6.07, 6.45) is 4.02. The van der Waals surface area contributed by atoms with Crippen molar-refractivity contribution in [3.8, 4) is 5.75 Å². The second-order valence-electron chi connectivity index (χ2n) is 11.5. The number of benzene rings is 1. The highest BCUT2D eigenvalue weighted by Crippen LogP contribution is 2.48. The Labute approximate surface area is 248 Å².